The SMILES string of the molecule is O=C(O)c1cc(F)cc(Cn2ccc(C(F)(F)F)n2)c1. The standard InChI is InChI=1S/C12H8F4N2O2/c13-9-4-7(3-8(5-9)11(19)20)6-18-2-1-10(17-18)12(14,15)16/h1-5H,6H2,(H,19,20). The fourth-order valence-electron chi connectivity index (χ4n) is 1.65. The normalized spacial score (nSPS) is 11.6. The molecule has 0 fully saturated rings. The molecule has 8 heteroatoms. The van der Waals surface area contributed by atoms with Crippen LogP contribution in [-0.2, 0) is 12.7 Å². The quantitative estimate of drug-likeness (QED) is 0.884. The monoisotopic (exact) mass is 288 g/mol. The number of alkyl halides is 3. The van der Waals surface area contributed by atoms with Gasteiger partial charge in [-0.25, -0.2) is 9.18 Å². The molecule has 1 aromatic heterocycles. The first-order valence-electron chi connectivity index (χ1n) is 5.39. The third-order valence-electron chi connectivity index (χ3n) is 2.48. The van der Waals surface area contributed by atoms with Gasteiger partial charge in [0, 0.05) is 6.20 Å². The van der Waals surface area contributed by atoms with E-state index in [9.17, 15) is 22.4 Å². The molecule has 0 radical (unpaired) electrons. The van der Waals surface area contributed by atoms with Gasteiger partial charge in [-0.2, -0.15) is 18.3 Å². The zero-order valence-corrected chi connectivity index (χ0v) is 9.86. The van der Waals surface area contributed by atoms with Crippen molar-refractivity contribution in [2.24, 2.45) is 0 Å². The summed E-state index contributed by atoms with van der Waals surface area (Å²) in [6.07, 6.45) is -3.46. The molecule has 1 aromatic carbocycles. The van der Waals surface area contributed by atoms with E-state index in [0.29, 0.717) is 0 Å². The van der Waals surface area contributed by atoms with Gasteiger partial charge in [0.1, 0.15) is 5.82 Å². The molecule has 0 saturated heterocycles. The maximum atomic E-state index is 13.2. The summed E-state index contributed by atoms with van der Waals surface area (Å²) >= 11 is 0. The van der Waals surface area contributed by atoms with Gasteiger partial charge in [-0.15, -0.1) is 0 Å². The minimum atomic E-state index is -4.56. The zero-order valence-electron chi connectivity index (χ0n) is 9.86. The summed E-state index contributed by atoms with van der Waals surface area (Å²) in [5, 5.41) is 12.1. The average Bonchev–Trinajstić information content (AvgIpc) is 2.76. The largest absolute Gasteiger partial charge is 0.478 e. The number of benzene rings is 1. The van der Waals surface area contributed by atoms with Crippen LogP contribution in [0.1, 0.15) is 21.6 Å². The lowest BCUT2D eigenvalue weighted by molar-refractivity contribution is -0.141. The Hall–Kier alpha value is -2.38. The van der Waals surface area contributed by atoms with Crippen molar-refractivity contribution in [1.29, 1.82) is 0 Å². The van der Waals surface area contributed by atoms with E-state index >= 15 is 0 Å². The summed E-state index contributed by atoms with van der Waals surface area (Å²) in [4.78, 5) is 10.8. The predicted molar refractivity (Wildman–Crippen MR) is 59.7 cm³/mol. The first kappa shape index (κ1) is 14.0. The van der Waals surface area contributed by atoms with Gasteiger partial charge in [-0.05, 0) is 29.8 Å². The van der Waals surface area contributed by atoms with Crippen LogP contribution in [0, 0.1) is 5.82 Å². The molecule has 4 nitrogen and oxygen atoms in total. The van der Waals surface area contributed by atoms with E-state index in [1.165, 1.54) is 6.07 Å². The van der Waals surface area contributed by atoms with Crippen molar-refractivity contribution in [3.8, 4) is 0 Å². The molecule has 0 spiro atoms. The molecule has 2 aromatic rings. The minimum absolute atomic E-state index is 0.159. The Kier molecular flexibility index (Phi) is 3.47. The molecular formula is C12H8F4N2O2. The highest BCUT2D eigenvalue weighted by atomic mass is 19.4. The second kappa shape index (κ2) is 4.95. The molecule has 0 aliphatic carbocycles. The van der Waals surface area contributed by atoms with Gasteiger partial charge in [0.2, 0.25) is 0 Å². The molecule has 0 aliphatic rings. The van der Waals surface area contributed by atoms with Crippen molar-refractivity contribution in [2.75, 3.05) is 0 Å². The molecule has 0 saturated carbocycles. The van der Waals surface area contributed by atoms with Gasteiger partial charge in [0.15, 0.2) is 5.69 Å². The van der Waals surface area contributed by atoms with Crippen LogP contribution in [0.3, 0.4) is 0 Å². The number of aromatic carboxylic acids is 1. The summed E-state index contributed by atoms with van der Waals surface area (Å²) in [7, 11) is 0. The second-order valence-electron chi connectivity index (χ2n) is 4.05. The van der Waals surface area contributed by atoms with Gasteiger partial charge < -0.3 is 5.11 Å². The van der Waals surface area contributed by atoms with Crippen LogP contribution in [-0.4, -0.2) is 20.9 Å². The van der Waals surface area contributed by atoms with Gasteiger partial charge in [-0.3, -0.25) is 4.68 Å². The predicted octanol–water partition coefficient (Wildman–Crippen LogP) is 2.79. The zero-order chi connectivity index (χ0) is 14.9. The average molecular weight is 288 g/mol. The molecule has 1 N–H and O–H groups in total. The maximum Gasteiger partial charge on any atom is 0.435 e. The molecule has 0 atom stereocenters. The number of carboxylic acids is 1. The molecule has 2 rings (SSSR count). The Morgan fingerprint density at radius 2 is 2.00 bits per heavy atom. The molecule has 1 heterocycles. The number of hydrogen-bond acceptors (Lipinski definition) is 2. The van der Waals surface area contributed by atoms with Crippen LogP contribution in [0.5, 0.6) is 0 Å². The minimum Gasteiger partial charge on any atom is -0.478 e. The van der Waals surface area contributed by atoms with Crippen LogP contribution >= 0.6 is 0 Å². The molecule has 0 unspecified atom stereocenters. The summed E-state index contributed by atoms with van der Waals surface area (Å²) < 4.78 is 51.3. The van der Waals surface area contributed by atoms with E-state index in [4.69, 9.17) is 5.11 Å². The molecule has 20 heavy (non-hydrogen) atoms. The molecule has 0 aliphatic heterocycles. The number of rotatable bonds is 3. The van der Waals surface area contributed by atoms with E-state index < -0.39 is 23.7 Å². The molecule has 0 amide bonds. The van der Waals surface area contributed by atoms with Crippen LogP contribution < -0.4 is 0 Å². The summed E-state index contributed by atoms with van der Waals surface area (Å²) in [5.74, 6) is -2.09. The third kappa shape index (κ3) is 3.14. The number of carbonyl (C=O) groups is 1. The van der Waals surface area contributed by atoms with Gasteiger partial charge >= 0.3 is 12.1 Å². The van der Waals surface area contributed by atoms with Crippen LogP contribution in [0.4, 0.5) is 17.6 Å². The van der Waals surface area contributed by atoms with E-state index in [1.54, 1.807) is 0 Å². The highest BCUT2D eigenvalue weighted by Gasteiger charge is 2.33. The lowest BCUT2D eigenvalue weighted by atomic mass is 10.1. The molecular weight excluding hydrogens is 280 g/mol. The van der Waals surface area contributed by atoms with Crippen molar-refractivity contribution < 1.29 is 27.5 Å². The Labute approximate surface area is 110 Å². The summed E-state index contributed by atoms with van der Waals surface area (Å²) in [6.45, 7) is -0.159. The maximum absolute atomic E-state index is 13.2. The number of nitrogens with zero attached hydrogens (tertiary/aromatic N) is 2. The Morgan fingerprint density at radius 3 is 2.55 bits per heavy atom. The fraction of sp³-hybridized carbons (Fsp3) is 0.167. The Balaban J connectivity index is 2.26. The van der Waals surface area contributed by atoms with Gasteiger partial charge in [-0.1, -0.05) is 0 Å². The topological polar surface area (TPSA) is 55.1 Å². The van der Waals surface area contributed by atoms with Crippen molar-refractivity contribution in [3.05, 3.63) is 53.1 Å². The van der Waals surface area contributed by atoms with Crippen LogP contribution in [0.15, 0.2) is 30.5 Å². The van der Waals surface area contributed by atoms with E-state index in [-0.39, 0.29) is 17.7 Å². The summed E-state index contributed by atoms with van der Waals surface area (Å²) in [5.41, 5.74) is -1.13. The van der Waals surface area contributed by atoms with Gasteiger partial charge in [0.05, 0.1) is 12.1 Å². The first-order chi connectivity index (χ1) is 9.25. The molecule has 0 bridgehead atoms. The molecule has 106 valence electrons. The van der Waals surface area contributed by atoms with Crippen molar-refractivity contribution in [3.63, 3.8) is 0 Å². The number of hydrogen-bond donors (Lipinski definition) is 1. The third-order valence-corrected chi connectivity index (χ3v) is 2.48. The highest BCUT2D eigenvalue weighted by Crippen LogP contribution is 2.27. The van der Waals surface area contributed by atoms with Crippen molar-refractivity contribution in [2.45, 2.75) is 12.7 Å². The first-order valence-corrected chi connectivity index (χ1v) is 5.39. The number of carboxylic acid groups (broad SMARTS) is 1. The van der Waals surface area contributed by atoms with Crippen LogP contribution in [0.2, 0.25) is 0 Å². The fourth-order valence-corrected chi connectivity index (χ4v) is 1.65. The Morgan fingerprint density at radius 1 is 1.30 bits per heavy atom. The second-order valence-corrected chi connectivity index (χ2v) is 4.05. The van der Waals surface area contributed by atoms with Gasteiger partial charge in [0.25, 0.3) is 0 Å². The summed E-state index contributed by atoms with van der Waals surface area (Å²) in [6, 6.07) is 3.84. The van der Waals surface area contributed by atoms with Crippen molar-refractivity contribution >= 4 is 5.97 Å². The number of halogens is 4. The van der Waals surface area contributed by atoms with Crippen molar-refractivity contribution in [1.82, 2.24) is 9.78 Å². The lowest BCUT2D eigenvalue weighted by Crippen LogP contribution is -2.09. The highest BCUT2D eigenvalue weighted by molar-refractivity contribution is 5.87. The number of aromatic nitrogens is 2. The smallest absolute Gasteiger partial charge is 0.435 e. The van der Waals surface area contributed by atoms with E-state index in [1.807, 2.05) is 0 Å². The van der Waals surface area contributed by atoms with Crippen LogP contribution in [0.25, 0.3) is 0 Å². The van der Waals surface area contributed by atoms with E-state index in [2.05, 4.69) is 5.10 Å². The Bertz CT molecular complexity index is 649. The van der Waals surface area contributed by atoms with E-state index in [0.717, 1.165) is 29.1 Å². The lowest BCUT2D eigenvalue weighted by Gasteiger charge is -2.05.